The van der Waals surface area contributed by atoms with Crippen molar-refractivity contribution in [3.8, 4) is 11.5 Å². The number of amides is 1. The Morgan fingerprint density at radius 1 is 1.19 bits per heavy atom. The third kappa shape index (κ3) is 4.52. The summed E-state index contributed by atoms with van der Waals surface area (Å²) in [5.74, 6) is 0.466. The molecule has 0 unspecified atom stereocenters. The van der Waals surface area contributed by atoms with Gasteiger partial charge in [-0.2, -0.15) is 0 Å². The number of phenols is 1. The van der Waals surface area contributed by atoms with Gasteiger partial charge in [-0.25, -0.2) is 4.98 Å². The smallest absolute Gasteiger partial charge is 0.274 e. The summed E-state index contributed by atoms with van der Waals surface area (Å²) in [4.78, 5) is 31.3. The van der Waals surface area contributed by atoms with Crippen molar-refractivity contribution < 1.29 is 14.6 Å². The number of hydrogen-bond donors (Lipinski definition) is 3. The van der Waals surface area contributed by atoms with Gasteiger partial charge in [0.2, 0.25) is 0 Å². The van der Waals surface area contributed by atoms with Crippen LogP contribution in [0.25, 0.3) is 0 Å². The van der Waals surface area contributed by atoms with Gasteiger partial charge < -0.3 is 20.1 Å². The first-order valence-electron chi connectivity index (χ1n) is 8.29. The van der Waals surface area contributed by atoms with Gasteiger partial charge in [-0.3, -0.25) is 9.59 Å². The molecule has 3 rings (SSSR count). The number of benzene rings is 2. The summed E-state index contributed by atoms with van der Waals surface area (Å²) in [6.45, 7) is 1.84. The van der Waals surface area contributed by atoms with E-state index in [4.69, 9.17) is 4.74 Å². The van der Waals surface area contributed by atoms with Crippen molar-refractivity contribution in [1.82, 2.24) is 9.97 Å². The van der Waals surface area contributed by atoms with Gasteiger partial charge in [-0.15, -0.1) is 0 Å². The first kappa shape index (κ1) is 18.2. The molecule has 7 heteroatoms. The molecule has 0 saturated heterocycles. The number of methoxy groups -OCH3 is 1. The number of aromatic hydroxyl groups is 1. The second kappa shape index (κ2) is 7.74. The van der Waals surface area contributed by atoms with Gasteiger partial charge in [0.1, 0.15) is 23.0 Å². The molecule has 0 spiro atoms. The quantitative estimate of drug-likeness (QED) is 0.603. The molecule has 3 N–H and O–H groups in total. The van der Waals surface area contributed by atoms with E-state index < -0.39 is 11.5 Å². The Labute approximate surface area is 155 Å². The predicted octanol–water partition coefficient (Wildman–Crippen LogP) is 2.64. The first-order chi connectivity index (χ1) is 12.9. The van der Waals surface area contributed by atoms with Crippen LogP contribution >= 0.6 is 0 Å². The number of rotatable bonds is 5. The number of nitrogens with one attached hydrogen (secondary N) is 2. The highest BCUT2D eigenvalue weighted by atomic mass is 16.5. The SMILES string of the molecule is COc1ccc(Cc2nc(C(=O)Nc3cc(C)ccc3O)cc(=O)[nH]2)cc1. The van der Waals surface area contributed by atoms with Crippen LogP contribution < -0.4 is 15.6 Å². The summed E-state index contributed by atoms with van der Waals surface area (Å²) in [6, 6.07) is 13.3. The van der Waals surface area contributed by atoms with E-state index in [1.807, 2.05) is 31.2 Å². The van der Waals surface area contributed by atoms with Crippen LogP contribution in [0, 0.1) is 6.92 Å². The van der Waals surface area contributed by atoms with E-state index in [1.54, 1.807) is 19.2 Å². The molecule has 0 aliphatic heterocycles. The average molecular weight is 365 g/mol. The highest BCUT2D eigenvalue weighted by Gasteiger charge is 2.13. The molecule has 0 atom stereocenters. The van der Waals surface area contributed by atoms with E-state index in [-0.39, 0.29) is 17.1 Å². The largest absolute Gasteiger partial charge is 0.506 e. The van der Waals surface area contributed by atoms with Crippen LogP contribution in [0.3, 0.4) is 0 Å². The molecule has 0 fully saturated rings. The summed E-state index contributed by atoms with van der Waals surface area (Å²) < 4.78 is 5.12. The summed E-state index contributed by atoms with van der Waals surface area (Å²) in [5.41, 5.74) is 1.60. The lowest BCUT2D eigenvalue weighted by atomic mass is 10.1. The van der Waals surface area contributed by atoms with Gasteiger partial charge >= 0.3 is 0 Å². The number of hydrogen-bond acceptors (Lipinski definition) is 5. The van der Waals surface area contributed by atoms with Crippen molar-refractivity contribution >= 4 is 11.6 Å². The number of aryl methyl sites for hydroxylation is 1. The Bertz CT molecular complexity index is 1030. The Morgan fingerprint density at radius 3 is 2.63 bits per heavy atom. The molecule has 0 aliphatic rings. The first-order valence-corrected chi connectivity index (χ1v) is 8.29. The van der Waals surface area contributed by atoms with E-state index in [0.717, 1.165) is 22.9 Å². The molecule has 0 aliphatic carbocycles. The number of carbonyl (C=O) groups is 1. The Hall–Kier alpha value is -3.61. The van der Waals surface area contributed by atoms with Gasteiger partial charge in [-0.05, 0) is 42.3 Å². The molecule has 0 radical (unpaired) electrons. The third-order valence-corrected chi connectivity index (χ3v) is 3.95. The number of phenolic OH excluding ortho intramolecular Hbond substituents is 1. The van der Waals surface area contributed by atoms with Crippen LogP contribution in [0.5, 0.6) is 11.5 Å². The minimum atomic E-state index is -0.571. The fraction of sp³-hybridized carbons (Fsp3) is 0.150. The van der Waals surface area contributed by atoms with Crippen LogP contribution in [0.4, 0.5) is 5.69 Å². The standard InChI is InChI=1S/C20H19N3O4/c1-12-3-8-17(24)15(9-12)22-20(26)16-11-19(25)23-18(21-16)10-13-4-6-14(27-2)7-5-13/h3-9,11,24H,10H2,1-2H3,(H,22,26)(H,21,23,25). The maximum absolute atomic E-state index is 12.5. The molecule has 0 bridgehead atoms. The molecule has 1 heterocycles. The second-order valence-electron chi connectivity index (χ2n) is 6.08. The number of anilines is 1. The maximum atomic E-state index is 12.5. The minimum Gasteiger partial charge on any atom is -0.506 e. The highest BCUT2D eigenvalue weighted by Crippen LogP contribution is 2.24. The lowest BCUT2D eigenvalue weighted by Gasteiger charge is -2.09. The highest BCUT2D eigenvalue weighted by molar-refractivity contribution is 6.03. The third-order valence-electron chi connectivity index (χ3n) is 3.95. The van der Waals surface area contributed by atoms with E-state index in [2.05, 4.69) is 15.3 Å². The minimum absolute atomic E-state index is 0.0248. The topological polar surface area (TPSA) is 104 Å². The lowest BCUT2D eigenvalue weighted by Crippen LogP contribution is -2.20. The van der Waals surface area contributed by atoms with Crippen LogP contribution in [0.2, 0.25) is 0 Å². The molecule has 27 heavy (non-hydrogen) atoms. The molecule has 2 aromatic carbocycles. The van der Waals surface area contributed by atoms with Gasteiger partial charge in [-0.1, -0.05) is 18.2 Å². The zero-order chi connectivity index (χ0) is 19.4. The van der Waals surface area contributed by atoms with E-state index in [1.165, 1.54) is 6.07 Å². The summed E-state index contributed by atoms with van der Waals surface area (Å²) >= 11 is 0. The normalized spacial score (nSPS) is 10.4. The Balaban J connectivity index is 1.82. The van der Waals surface area contributed by atoms with Crippen LogP contribution in [-0.4, -0.2) is 28.1 Å². The van der Waals surface area contributed by atoms with E-state index in [9.17, 15) is 14.7 Å². The van der Waals surface area contributed by atoms with Crippen molar-refractivity contribution in [2.75, 3.05) is 12.4 Å². The zero-order valence-corrected chi connectivity index (χ0v) is 14.9. The molecule has 138 valence electrons. The summed E-state index contributed by atoms with van der Waals surface area (Å²) in [7, 11) is 1.59. The number of aromatic amines is 1. The van der Waals surface area contributed by atoms with E-state index in [0.29, 0.717) is 12.2 Å². The molecular weight excluding hydrogens is 346 g/mol. The molecule has 3 aromatic rings. The van der Waals surface area contributed by atoms with Crippen molar-refractivity contribution in [3.63, 3.8) is 0 Å². The predicted molar refractivity (Wildman–Crippen MR) is 101 cm³/mol. The number of H-pyrrole nitrogens is 1. The molecule has 1 aromatic heterocycles. The molecule has 0 saturated carbocycles. The summed E-state index contributed by atoms with van der Waals surface area (Å²) in [5, 5.41) is 12.4. The van der Waals surface area contributed by atoms with Crippen molar-refractivity contribution in [2.24, 2.45) is 0 Å². The van der Waals surface area contributed by atoms with Crippen molar-refractivity contribution in [1.29, 1.82) is 0 Å². The Morgan fingerprint density at radius 2 is 1.93 bits per heavy atom. The Kier molecular flexibility index (Phi) is 5.21. The number of ether oxygens (including phenoxy) is 1. The average Bonchev–Trinajstić information content (AvgIpc) is 2.65. The molecule has 1 amide bonds. The van der Waals surface area contributed by atoms with Crippen LogP contribution in [0.15, 0.2) is 53.3 Å². The fourth-order valence-corrected chi connectivity index (χ4v) is 2.58. The van der Waals surface area contributed by atoms with Crippen LogP contribution in [0.1, 0.15) is 27.4 Å². The monoisotopic (exact) mass is 365 g/mol. The van der Waals surface area contributed by atoms with Gasteiger partial charge in [0.15, 0.2) is 0 Å². The summed E-state index contributed by atoms with van der Waals surface area (Å²) in [6.07, 6.45) is 0.357. The molecular formula is C20H19N3O4. The zero-order valence-electron chi connectivity index (χ0n) is 14.9. The van der Waals surface area contributed by atoms with Gasteiger partial charge in [0.25, 0.3) is 11.5 Å². The van der Waals surface area contributed by atoms with Gasteiger partial charge in [0.05, 0.1) is 12.8 Å². The van der Waals surface area contributed by atoms with Gasteiger partial charge in [0, 0.05) is 12.5 Å². The number of nitrogens with zero attached hydrogens (tertiary/aromatic N) is 1. The number of aromatic nitrogens is 2. The van der Waals surface area contributed by atoms with Crippen LogP contribution in [-0.2, 0) is 6.42 Å². The van der Waals surface area contributed by atoms with E-state index >= 15 is 0 Å². The molecule has 7 nitrogen and oxygen atoms in total. The second-order valence-corrected chi connectivity index (χ2v) is 6.08. The fourth-order valence-electron chi connectivity index (χ4n) is 2.58. The lowest BCUT2D eigenvalue weighted by molar-refractivity contribution is 0.102. The maximum Gasteiger partial charge on any atom is 0.274 e. The number of carbonyl (C=O) groups excluding carboxylic acids is 1. The van der Waals surface area contributed by atoms with Crippen molar-refractivity contribution in [2.45, 2.75) is 13.3 Å². The van der Waals surface area contributed by atoms with Crippen molar-refractivity contribution in [3.05, 3.63) is 81.5 Å².